The van der Waals surface area contributed by atoms with Crippen LogP contribution in [0.4, 0.5) is 11.4 Å². The van der Waals surface area contributed by atoms with Crippen LogP contribution >= 0.6 is 0 Å². The van der Waals surface area contributed by atoms with Crippen LogP contribution < -0.4 is 15.1 Å². The average molecular weight is 378 g/mol. The lowest BCUT2D eigenvalue weighted by Crippen LogP contribution is -2.32. The highest BCUT2D eigenvalue weighted by atomic mass is 16.2. The number of fused-ring (bicyclic) bond motifs is 1. The molecule has 3 amide bonds. The van der Waals surface area contributed by atoms with Crippen LogP contribution in [0.1, 0.15) is 24.5 Å². The lowest BCUT2D eigenvalue weighted by molar-refractivity contribution is -0.126. The van der Waals surface area contributed by atoms with Crippen molar-refractivity contribution in [3.8, 4) is 0 Å². The van der Waals surface area contributed by atoms with E-state index < -0.39 is 0 Å². The van der Waals surface area contributed by atoms with Gasteiger partial charge in [-0.3, -0.25) is 19.4 Å². The Labute approximate surface area is 163 Å². The quantitative estimate of drug-likeness (QED) is 0.877. The number of pyridine rings is 1. The zero-order chi connectivity index (χ0) is 19.7. The van der Waals surface area contributed by atoms with Crippen molar-refractivity contribution >= 4 is 29.1 Å². The molecule has 1 saturated heterocycles. The van der Waals surface area contributed by atoms with Gasteiger partial charge in [-0.25, -0.2) is 0 Å². The van der Waals surface area contributed by atoms with Gasteiger partial charge in [-0.05, 0) is 47.9 Å². The SMILES string of the molecule is CC(=O)N1CCc2cc(N3C[C@H](C(=O)NCc4ccncc4)CC3=O)ccc21. The Morgan fingerprint density at radius 1 is 1.21 bits per heavy atom. The lowest BCUT2D eigenvalue weighted by atomic mass is 10.1. The van der Waals surface area contributed by atoms with Gasteiger partial charge >= 0.3 is 0 Å². The molecular weight excluding hydrogens is 356 g/mol. The molecule has 0 bridgehead atoms. The monoisotopic (exact) mass is 378 g/mol. The number of carbonyl (C=O) groups excluding carboxylic acids is 3. The van der Waals surface area contributed by atoms with E-state index in [-0.39, 0.29) is 30.1 Å². The second kappa shape index (κ2) is 7.42. The molecule has 1 aromatic carbocycles. The molecular formula is C21H22N4O3. The number of nitrogens with zero attached hydrogens (tertiary/aromatic N) is 3. The molecule has 28 heavy (non-hydrogen) atoms. The van der Waals surface area contributed by atoms with Gasteiger partial charge in [0.15, 0.2) is 0 Å². The van der Waals surface area contributed by atoms with E-state index >= 15 is 0 Å². The van der Waals surface area contributed by atoms with E-state index in [1.54, 1.807) is 29.1 Å². The highest BCUT2D eigenvalue weighted by Gasteiger charge is 2.35. The van der Waals surface area contributed by atoms with Crippen LogP contribution in [0.25, 0.3) is 0 Å². The zero-order valence-electron chi connectivity index (χ0n) is 15.7. The van der Waals surface area contributed by atoms with Crippen LogP contribution in [0.2, 0.25) is 0 Å². The van der Waals surface area contributed by atoms with Gasteiger partial charge in [0, 0.05) is 56.7 Å². The first kappa shape index (κ1) is 18.2. The zero-order valence-corrected chi connectivity index (χ0v) is 15.7. The van der Waals surface area contributed by atoms with E-state index in [0.717, 1.165) is 28.9 Å². The summed E-state index contributed by atoms with van der Waals surface area (Å²) in [5.74, 6) is -0.506. The Morgan fingerprint density at radius 2 is 2.00 bits per heavy atom. The number of amides is 3. The van der Waals surface area contributed by atoms with Crippen LogP contribution in [0.3, 0.4) is 0 Å². The van der Waals surface area contributed by atoms with Gasteiger partial charge < -0.3 is 15.1 Å². The summed E-state index contributed by atoms with van der Waals surface area (Å²) in [5.41, 5.74) is 3.73. The molecule has 1 fully saturated rings. The molecule has 1 atom stereocenters. The summed E-state index contributed by atoms with van der Waals surface area (Å²) in [7, 11) is 0. The predicted molar refractivity (Wildman–Crippen MR) is 105 cm³/mol. The maximum atomic E-state index is 12.5. The van der Waals surface area contributed by atoms with Crippen LogP contribution in [0.15, 0.2) is 42.7 Å². The third-order valence-electron chi connectivity index (χ3n) is 5.36. The van der Waals surface area contributed by atoms with Crippen molar-refractivity contribution in [1.82, 2.24) is 10.3 Å². The molecule has 2 aliphatic heterocycles. The van der Waals surface area contributed by atoms with Crippen LogP contribution in [0, 0.1) is 5.92 Å². The normalized spacial score (nSPS) is 18.3. The topological polar surface area (TPSA) is 82.6 Å². The predicted octanol–water partition coefficient (Wildman–Crippen LogP) is 1.66. The van der Waals surface area contributed by atoms with Gasteiger partial charge in [0.25, 0.3) is 0 Å². The Morgan fingerprint density at radius 3 is 2.75 bits per heavy atom. The van der Waals surface area contributed by atoms with Crippen molar-refractivity contribution in [2.75, 3.05) is 22.9 Å². The fourth-order valence-corrected chi connectivity index (χ4v) is 3.85. The maximum Gasteiger partial charge on any atom is 0.227 e. The number of rotatable bonds is 4. The van der Waals surface area contributed by atoms with Crippen LogP contribution in [0.5, 0.6) is 0 Å². The van der Waals surface area contributed by atoms with Crippen molar-refractivity contribution in [3.63, 3.8) is 0 Å². The first-order valence-corrected chi connectivity index (χ1v) is 9.41. The first-order valence-electron chi connectivity index (χ1n) is 9.41. The van der Waals surface area contributed by atoms with Gasteiger partial charge in [-0.2, -0.15) is 0 Å². The van der Waals surface area contributed by atoms with Crippen LogP contribution in [-0.2, 0) is 27.3 Å². The molecule has 7 heteroatoms. The number of anilines is 2. The van der Waals surface area contributed by atoms with Gasteiger partial charge in [0.05, 0.1) is 5.92 Å². The molecule has 1 aromatic heterocycles. The minimum atomic E-state index is -0.365. The summed E-state index contributed by atoms with van der Waals surface area (Å²) in [5, 5.41) is 2.90. The van der Waals surface area contributed by atoms with E-state index in [4.69, 9.17) is 0 Å². The van der Waals surface area contributed by atoms with Gasteiger partial charge in [-0.15, -0.1) is 0 Å². The van der Waals surface area contributed by atoms with Crippen molar-refractivity contribution < 1.29 is 14.4 Å². The molecule has 144 valence electrons. The molecule has 0 saturated carbocycles. The van der Waals surface area contributed by atoms with Gasteiger partial charge in [0.2, 0.25) is 17.7 Å². The summed E-state index contributed by atoms with van der Waals surface area (Å²) >= 11 is 0. The molecule has 0 aliphatic carbocycles. The average Bonchev–Trinajstić information content (AvgIpc) is 3.30. The van der Waals surface area contributed by atoms with Crippen molar-refractivity contribution in [1.29, 1.82) is 0 Å². The molecule has 7 nitrogen and oxygen atoms in total. The summed E-state index contributed by atoms with van der Waals surface area (Å²) in [6.07, 6.45) is 4.35. The molecule has 0 spiro atoms. The van der Waals surface area contributed by atoms with Crippen molar-refractivity contribution in [2.24, 2.45) is 5.92 Å². The molecule has 4 rings (SSSR count). The molecule has 0 unspecified atom stereocenters. The first-order chi connectivity index (χ1) is 13.5. The smallest absolute Gasteiger partial charge is 0.227 e. The molecule has 2 aliphatic rings. The minimum Gasteiger partial charge on any atom is -0.352 e. The van der Waals surface area contributed by atoms with Crippen molar-refractivity contribution in [2.45, 2.75) is 26.3 Å². The maximum absolute atomic E-state index is 12.5. The van der Waals surface area contributed by atoms with Gasteiger partial charge in [-0.1, -0.05) is 0 Å². The Balaban J connectivity index is 1.42. The molecule has 0 radical (unpaired) electrons. The Hall–Kier alpha value is -3.22. The number of benzene rings is 1. The number of hydrogen-bond donors (Lipinski definition) is 1. The standard InChI is InChI=1S/C21H22N4O3/c1-14(26)24-9-6-16-10-18(2-3-19(16)24)25-13-17(11-20(25)27)21(28)23-12-15-4-7-22-8-5-15/h2-5,7-8,10,17H,6,9,11-13H2,1H3,(H,23,28)/t17-/m1/s1. The minimum absolute atomic E-state index is 0.0229. The Kier molecular flexibility index (Phi) is 4.81. The van der Waals surface area contributed by atoms with E-state index in [1.807, 2.05) is 30.3 Å². The second-order valence-electron chi connectivity index (χ2n) is 7.21. The third kappa shape index (κ3) is 3.47. The largest absolute Gasteiger partial charge is 0.352 e. The van der Waals surface area contributed by atoms with Crippen LogP contribution in [-0.4, -0.2) is 35.8 Å². The molecule has 2 aromatic rings. The van der Waals surface area contributed by atoms with E-state index in [1.165, 1.54) is 0 Å². The summed E-state index contributed by atoms with van der Waals surface area (Å²) in [6, 6.07) is 9.41. The summed E-state index contributed by atoms with van der Waals surface area (Å²) < 4.78 is 0. The molecule has 3 heterocycles. The van der Waals surface area contributed by atoms with E-state index in [2.05, 4.69) is 10.3 Å². The molecule has 1 N–H and O–H groups in total. The fraction of sp³-hybridized carbons (Fsp3) is 0.333. The number of carbonyl (C=O) groups is 3. The second-order valence-corrected chi connectivity index (χ2v) is 7.21. The van der Waals surface area contributed by atoms with E-state index in [0.29, 0.717) is 19.6 Å². The highest BCUT2D eigenvalue weighted by Crippen LogP contribution is 2.34. The summed E-state index contributed by atoms with van der Waals surface area (Å²) in [6.45, 7) is 3.02. The number of hydrogen-bond acceptors (Lipinski definition) is 4. The lowest BCUT2D eigenvalue weighted by Gasteiger charge is -2.19. The van der Waals surface area contributed by atoms with E-state index in [9.17, 15) is 14.4 Å². The van der Waals surface area contributed by atoms with Crippen molar-refractivity contribution in [3.05, 3.63) is 53.9 Å². The number of nitrogens with one attached hydrogen (secondary N) is 1. The fourth-order valence-electron chi connectivity index (χ4n) is 3.85. The third-order valence-corrected chi connectivity index (χ3v) is 5.36. The highest BCUT2D eigenvalue weighted by molar-refractivity contribution is 6.01. The van der Waals surface area contributed by atoms with Gasteiger partial charge in [0.1, 0.15) is 0 Å². The summed E-state index contributed by atoms with van der Waals surface area (Å²) in [4.78, 5) is 44.1. The number of aromatic nitrogens is 1. The Bertz CT molecular complexity index is 929.